The van der Waals surface area contributed by atoms with Crippen LogP contribution in [0, 0.1) is 0 Å². The molecule has 9 heteroatoms. The van der Waals surface area contributed by atoms with E-state index in [9.17, 15) is 4.79 Å². The largest absolute Gasteiger partial charge is 0.463 e. The minimum atomic E-state index is -0.476. The van der Waals surface area contributed by atoms with E-state index in [0.29, 0.717) is 5.69 Å². The van der Waals surface area contributed by atoms with E-state index in [1.54, 1.807) is 9.36 Å². The number of nitrogens with zero attached hydrogens (tertiary/aromatic N) is 6. The fourth-order valence-corrected chi connectivity index (χ4v) is 3.69. The number of carbonyl (C=O) groups is 1. The zero-order chi connectivity index (χ0) is 22.6. The first-order chi connectivity index (χ1) is 16.2. The van der Waals surface area contributed by atoms with Crippen LogP contribution in [0.2, 0.25) is 0 Å². The van der Waals surface area contributed by atoms with Crippen LogP contribution in [0.4, 0.5) is 0 Å². The predicted molar refractivity (Wildman–Crippen MR) is 119 cm³/mol. The van der Waals surface area contributed by atoms with Crippen molar-refractivity contribution in [2.75, 3.05) is 6.61 Å². The highest BCUT2D eigenvalue weighted by atomic mass is 16.6. The van der Waals surface area contributed by atoms with Crippen molar-refractivity contribution in [1.29, 1.82) is 0 Å². The summed E-state index contributed by atoms with van der Waals surface area (Å²) in [6.45, 7) is 1.45. The highest BCUT2D eigenvalue weighted by Crippen LogP contribution is 2.31. The van der Waals surface area contributed by atoms with E-state index in [1.807, 2.05) is 85.2 Å². The van der Waals surface area contributed by atoms with Crippen LogP contribution in [-0.4, -0.2) is 48.7 Å². The molecule has 4 aromatic rings. The molecule has 33 heavy (non-hydrogen) atoms. The van der Waals surface area contributed by atoms with Crippen LogP contribution in [0.3, 0.4) is 0 Å². The molecule has 3 heterocycles. The lowest BCUT2D eigenvalue weighted by atomic mass is 10.1. The first kappa shape index (κ1) is 20.8. The molecule has 9 nitrogen and oxygen atoms in total. The maximum atomic E-state index is 11.5. The topological polar surface area (TPSA) is 97.0 Å². The summed E-state index contributed by atoms with van der Waals surface area (Å²) in [5, 5.41) is 17.1. The summed E-state index contributed by atoms with van der Waals surface area (Å²) in [5.41, 5.74) is 3.28. The average Bonchev–Trinajstić information content (AvgIpc) is 3.54. The zero-order valence-electron chi connectivity index (χ0n) is 17.9. The second-order valence-electron chi connectivity index (χ2n) is 7.65. The van der Waals surface area contributed by atoms with Gasteiger partial charge in [-0.1, -0.05) is 71.1 Å². The van der Waals surface area contributed by atoms with Gasteiger partial charge >= 0.3 is 5.97 Å². The molecule has 2 aromatic carbocycles. The highest BCUT2D eigenvalue weighted by Gasteiger charge is 2.32. The van der Waals surface area contributed by atoms with E-state index >= 15 is 0 Å². The molecular formula is C24H22N6O3. The van der Waals surface area contributed by atoms with Crippen LogP contribution in [-0.2, 0) is 14.3 Å². The first-order valence-corrected chi connectivity index (χ1v) is 10.6. The smallest absolute Gasteiger partial charge is 0.302 e. The molecule has 0 fully saturated rings. The van der Waals surface area contributed by atoms with Crippen molar-refractivity contribution in [3.05, 3.63) is 90.9 Å². The molecule has 2 aromatic heterocycles. The monoisotopic (exact) mass is 442 g/mol. The summed E-state index contributed by atoms with van der Waals surface area (Å²) in [5.74, 6) is -0.373. The number of ether oxygens (including phenoxy) is 2. The number of carbonyl (C=O) groups excluding carboxylic acids is 1. The second kappa shape index (κ2) is 9.17. The van der Waals surface area contributed by atoms with Crippen LogP contribution in [0.1, 0.15) is 24.8 Å². The van der Waals surface area contributed by atoms with Crippen LogP contribution in [0.25, 0.3) is 16.9 Å². The van der Waals surface area contributed by atoms with Crippen molar-refractivity contribution in [1.82, 2.24) is 30.0 Å². The average molecular weight is 442 g/mol. The molecule has 3 atom stereocenters. The van der Waals surface area contributed by atoms with Gasteiger partial charge in [0.2, 0.25) is 0 Å². The third-order valence-corrected chi connectivity index (χ3v) is 5.34. The summed E-state index contributed by atoms with van der Waals surface area (Å²) < 4.78 is 15.0. The molecule has 0 saturated heterocycles. The Morgan fingerprint density at radius 3 is 2.48 bits per heavy atom. The second-order valence-corrected chi connectivity index (χ2v) is 7.65. The van der Waals surface area contributed by atoms with E-state index in [2.05, 4.69) is 20.6 Å². The lowest BCUT2D eigenvalue weighted by Gasteiger charge is -2.31. The van der Waals surface area contributed by atoms with Gasteiger partial charge in [0.1, 0.15) is 36.2 Å². The summed E-state index contributed by atoms with van der Waals surface area (Å²) in [6, 6.07) is 19.2. The molecule has 0 amide bonds. The number of aromatic nitrogens is 6. The molecule has 5 rings (SSSR count). The Bertz CT molecular complexity index is 1250. The van der Waals surface area contributed by atoms with Gasteiger partial charge in [-0.3, -0.25) is 4.79 Å². The van der Waals surface area contributed by atoms with E-state index in [-0.39, 0.29) is 18.6 Å². The molecule has 0 N–H and O–H groups in total. The highest BCUT2D eigenvalue weighted by molar-refractivity contribution is 5.65. The van der Waals surface area contributed by atoms with Crippen LogP contribution < -0.4 is 0 Å². The number of benzene rings is 2. The van der Waals surface area contributed by atoms with E-state index in [4.69, 9.17) is 9.47 Å². The van der Waals surface area contributed by atoms with Crippen molar-refractivity contribution in [3.8, 4) is 16.9 Å². The lowest BCUT2D eigenvalue weighted by Crippen LogP contribution is -2.35. The third-order valence-electron chi connectivity index (χ3n) is 5.34. The van der Waals surface area contributed by atoms with Crippen LogP contribution in [0.5, 0.6) is 0 Å². The Kier molecular flexibility index (Phi) is 5.77. The number of esters is 1. The first-order valence-electron chi connectivity index (χ1n) is 10.6. The van der Waals surface area contributed by atoms with E-state index in [1.165, 1.54) is 6.92 Å². The van der Waals surface area contributed by atoms with Gasteiger partial charge in [0.25, 0.3) is 0 Å². The normalized spacial score (nSPS) is 20.0. The van der Waals surface area contributed by atoms with Gasteiger partial charge in [-0.2, -0.15) is 0 Å². The SMILES string of the molecule is CC(=O)OC[C@H]1O[C@H](c2cn(-c3ccccc3)nn2)C=C[C@@H]1n1cc(-c2ccccc2)nn1. The Balaban J connectivity index is 1.40. The summed E-state index contributed by atoms with van der Waals surface area (Å²) in [7, 11) is 0. The minimum absolute atomic E-state index is 0.0776. The molecule has 0 saturated carbocycles. The number of hydrogen-bond acceptors (Lipinski definition) is 7. The molecule has 0 radical (unpaired) electrons. The Morgan fingerprint density at radius 2 is 1.73 bits per heavy atom. The van der Waals surface area contributed by atoms with Gasteiger partial charge in [-0.05, 0) is 12.1 Å². The van der Waals surface area contributed by atoms with Crippen LogP contribution >= 0.6 is 0 Å². The van der Waals surface area contributed by atoms with E-state index in [0.717, 1.165) is 16.9 Å². The summed E-state index contributed by atoms with van der Waals surface area (Å²) >= 11 is 0. The summed E-state index contributed by atoms with van der Waals surface area (Å²) in [4.78, 5) is 11.5. The Morgan fingerprint density at radius 1 is 0.970 bits per heavy atom. The Labute approximate surface area is 190 Å². The maximum Gasteiger partial charge on any atom is 0.302 e. The van der Waals surface area contributed by atoms with Crippen molar-refractivity contribution in [2.45, 2.75) is 25.2 Å². The zero-order valence-corrected chi connectivity index (χ0v) is 17.9. The maximum absolute atomic E-state index is 11.5. The summed E-state index contributed by atoms with van der Waals surface area (Å²) in [6.07, 6.45) is 6.68. The molecule has 1 aliphatic heterocycles. The fraction of sp³-hybridized carbons (Fsp3) is 0.208. The van der Waals surface area contributed by atoms with Gasteiger partial charge in [0, 0.05) is 12.5 Å². The quantitative estimate of drug-likeness (QED) is 0.334. The molecule has 166 valence electrons. The lowest BCUT2D eigenvalue weighted by molar-refractivity contribution is -0.148. The van der Waals surface area contributed by atoms with Gasteiger partial charge in [-0.15, -0.1) is 10.2 Å². The van der Waals surface area contributed by atoms with Crippen molar-refractivity contribution < 1.29 is 14.3 Å². The molecule has 0 unspecified atom stereocenters. The van der Waals surface area contributed by atoms with Gasteiger partial charge in [0.15, 0.2) is 0 Å². The van der Waals surface area contributed by atoms with Crippen molar-refractivity contribution in [2.24, 2.45) is 0 Å². The molecular weight excluding hydrogens is 420 g/mol. The van der Waals surface area contributed by atoms with Crippen molar-refractivity contribution in [3.63, 3.8) is 0 Å². The fourth-order valence-electron chi connectivity index (χ4n) is 3.69. The van der Waals surface area contributed by atoms with Crippen LogP contribution in [0.15, 0.2) is 85.2 Å². The predicted octanol–water partition coefficient (Wildman–Crippen LogP) is 3.33. The molecule has 1 aliphatic rings. The third kappa shape index (κ3) is 4.58. The number of para-hydroxylation sites is 1. The van der Waals surface area contributed by atoms with Gasteiger partial charge in [-0.25, -0.2) is 9.36 Å². The molecule has 0 bridgehead atoms. The minimum Gasteiger partial charge on any atom is -0.463 e. The number of hydrogen-bond donors (Lipinski definition) is 0. The van der Waals surface area contributed by atoms with E-state index < -0.39 is 12.2 Å². The number of rotatable bonds is 6. The standard InChI is InChI=1S/C24H22N6O3/c1-17(31)32-16-24-22(30-14-20(25-28-30)18-8-4-2-5-9-18)12-13-23(33-24)21-15-29(27-26-21)19-10-6-3-7-11-19/h2-15,22-24H,16H2,1H3/t22-,23-,24+/m0/s1. The van der Waals surface area contributed by atoms with Gasteiger partial charge in [0.05, 0.1) is 18.1 Å². The molecule has 0 spiro atoms. The van der Waals surface area contributed by atoms with Gasteiger partial charge < -0.3 is 9.47 Å². The molecule has 0 aliphatic carbocycles. The van der Waals surface area contributed by atoms with Crippen molar-refractivity contribution >= 4 is 5.97 Å². The Hall–Kier alpha value is -4.11.